The van der Waals surface area contributed by atoms with E-state index in [1.807, 2.05) is 0 Å². The Hall–Kier alpha value is -1.55. The first kappa shape index (κ1) is 17.8. The van der Waals surface area contributed by atoms with E-state index in [1.54, 1.807) is 0 Å². The van der Waals surface area contributed by atoms with E-state index in [0.29, 0.717) is 0 Å². The lowest BCUT2D eigenvalue weighted by atomic mass is 10.1. The van der Waals surface area contributed by atoms with Gasteiger partial charge in [0, 0.05) is 19.6 Å². The average Bonchev–Trinajstić information content (AvgIpc) is 2.83. The molecule has 128 valence electrons. The quantitative estimate of drug-likeness (QED) is 0.626. The van der Waals surface area contributed by atoms with Gasteiger partial charge in [0.15, 0.2) is 5.96 Å². The standard InChI is InChI=1S/C19H32N4/c1-3-20-19(21-4-2)22-15-17-11-7-8-12-18(17)16-23-13-9-5-6-10-14-23/h7-8,11-12H,3-6,9-10,13-16H2,1-2H3,(H2,20,21,22). The largest absolute Gasteiger partial charge is 0.357 e. The van der Waals surface area contributed by atoms with Crippen molar-refractivity contribution in [2.45, 2.75) is 52.6 Å². The number of rotatable bonds is 6. The van der Waals surface area contributed by atoms with Crippen LogP contribution in [0.1, 0.15) is 50.7 Å². The number of hydrogen-bond donors (Lipinski definition) is 2. The third-order valence-corrected chi connectivity index (χ3v) is 4.31. The maximum Gasteiger partial charge on any atom is 0.191 e. The highest BCUT2D eigenvalue weighted by atomic mass is 15.2. The van der Waals surface area contributed by atoms with E-state index in [-0.39, 0.29) is 0 Å². The van der Waals surface area contributed by atoms with Gasteiger partial charge in [0.2, 0.25) is 0 Å². The van der Waals surface area contributed by atoms with Crippen LogP contribution >= 0.6 is 0 Å². The van der Waals surface area contributed by atoms with Crippen LogP contribution in [-0.4, -0.2) is 37.0 Å². The van der Waals surface area contributed by atoms with Crippen LogP contribution in [0.5, 0.6) is 0 Å². The summed E-state index contributed by atoms with van der Waals surface area (Å²) in [5, 5.41) is 6.58. The molecule has 23 heavy (non-hydrogen) atoms. The number of aliphatic imine (C=N–C) groups is 1. The fraction of sp³-hybridized carbons (Fsp3) is 0.632. The van der Waals surface area contributed by atoms with Gasteiger partial charge in [-0.15, -0.1) is 0 Å². The van der Waals surface area contributed by atoms with Crippen molar-refractivity contribution in [1.82, 2.24) is 15.5 Å². The zero-order chi connectivity index (χ0) is 16.3. The maximum absolute atomic E-state index is 4.72. The summed E-state index contributed by atoms with van der Waals surface area (Å²) in [5.74, 6) is 0.902. The SMILES string of the molecule is CCNC(=NCc1ccccc1CN1CCCCCC1)NCC. The van der Waals surface area contributed by atoms with Crippen molar-refractivity contribution in [3.05, 3.63) is 35.4 Å². The van der Waals surface area contributed by atoms with E-state index < -0.39 is 0 Å². The summed E-state index contributed by atoms with van der Waals surface area (Å²) in [7, 11) is 0. The zero-order valence-electron chi connectivity index (χ0n) is 14.8. The highest BCUT2D eigenvalue weighted by molar-refractivity contribution is 5.79. The fourth-order valence-electron chi connectivity index (χ4n) is 3.07. The summed E-state index contributed by atoms with van der Waals surface area (Å²) in [4.78, 5) is 7.32. The first-order chi connectivity index (χ1) is 11.3. The Morgan fingerprint density at radius 3 is 2.17 bits per heavy atom. The number of likely N-dealkylation sites (tertiary alicyclic amines) is 1. The van der Waals surface area contributed by atoms with Gasteiger partial charge in [-0.2, -0.15) is 0 Å². The van der Waals surface area contributed by atoms with Crippen molar-refractivity contribution in [2.24, 2.45) is 4.99 Å². The second-order valence-corrected chi connectivity index (χ2v) is 6.18. The molecular weight excluding hydrogens is 284 g/mol. The molecule has 0 aliphatic carbocycles. The molecule has 1 aromatic carbocycles. The highest BCUT2D eigenvalue weighted by Crippen LogP contribution is 2.16. The summed E-state index contributed by atoms with van der Waals surface area (Å²) >= 11 is 0. The Balaban J connectivity index is 2.02. The first-order valence-corrected chi connectivity index (χ1v) is 9.14. The third-order valence-electron chi connectivity index (χ3n) is 4.31. The Morgan fingerprint density at radius 2 is 1.57 bits per heavy atom. The topological polar surface area (TPSA) is 39.7 Å². The van der Waals surface area contributed by atoms with Gasteiger partial charge in [-0.1, -0.05) is 37.1 Å². The van der Waals surface area contributed by atoms with Crippen LogP contribution in [0.3, 0.4) is 0 Å². The molecule has 4 nitrogen and oxygen atoms in total. The number of nitrogens with one attached hydrogen (secondary N) is 2. The molecule has 0 bridgehead atoms. The second kappa shape index (κ2) is 10.3. The van der Waals surface area contributed by atoms with E-state index in [0.717, 1.165) is 32.1 Å². The van der Waals surface area contributed by atoms with Crippen LogP contribution in [0, 0.1) is 0 Å². The minimum Gasteiger partial charge on any atom is -0.357 e. The molecule has 1 heterocycles. The van der Waals surface area contributed by atoms with E-state index in [9.17, 15) is 0 Å². The van der Waals surface area contributed by atoms with Gasteiger partial charge in [-0.25, -0.2) is 4.99 Å². The van der Waals surface area contributed by atoms with Crippen LogP contribution in [0.2, 0.25) is 0 Å². The van der Waals surface area contributed by atoms with Crippen LogP contribution in [0.4, 0.5) is 0 Å². The van der Waals surface area contributed by atoms with Crippen LogP contribution in [-0.2, 0) is 13.1 Å². The Kier molecular flexibility index (Phi) is 7.95. The third kappa shape index (κ3) is 6.22. The summed E-state index contributed by atoms with van der Waals surface area (Å²) in [6.07, 6.45) is 5.45. The molecule has 1 aliphatic heterocycles. The minimum absolute atomic E-state index is 0.735. The molecule has 1 fully saturated rings. The lowest BCUT2D eigenvalue weighted by Crippen LogP contribution is -2.37. The molecule has 1 aliphatic rings. The lowest BCUT2D eigenvalue weighted by Gasteiger charge is -2.21. The van der Waals surface area contributed by atoms with Gasteiger partial charge in [0.05, 0.1) is 6.54 Å². The monoisotopic (exact) mass is 316 g/mol. The van der Waals surface area contributed by atoms with Crippen molar-refractivity contribution < 1.29 is 0 Å². The molecule has 1 aromatic rings. The van der Waals surface area contributed by atoms with Gasteiger partial charge >= 0.3 is 0 Å². The van der Waals surface area contributed by atoms with Crippen molar-refractivity contribution in [3.63, 3.8) is 0 Å². The Bertz CT molecular complexity index is 468. The smallest absolute Gasteiger partial charge is 0.191 e. The van der Waals surface area contributed by atoms with Gasteiger partial charge in [-0.05, 0) is 50.9 Å². The Labute approximate surface area is 141 Å². The minimum atomic E-state index is 0.735. The fourth-order valence-corrected chi connectivity index (χ4v) is 3.07. The molecule has 1 saturated heterocycles. The molecular formula is C19H32N4. The average molecular weight is 316 g/mol. The highest BCUT2D eigenvalue weighted by Gasteiger charge is 2.11. The van der Waals surface area contributed by atoms with Gasteiger partial charge in [-0.3, -0.25) is 4.90 Å². The van der Waals surface area contributed by atoms with E-state index in [4.69, 9.17) is 4.99 Å². The maximum atomic E-state index is 4.72. The van der Waals surface area contributed by atoms with E-state index in [2.05, 4.69) is 53.6 Å². The summed E-state index contributed by atoms with van der Waals surface area (Å²) in [6, 6.07) is 8.74. The number of benzene rings is 1. The predicted octanol–water partition coefficient (Wildman–Crippen LogP) is 3.14. The lowest BCUT2D eigenvalue weighted by molar-refractivity contribution is 0.276. The number of nitrogens with zero attached hydrogens (tertiary/aromatic N) is 2. The molecule has 0 aromatic heterocycles. The Morgan fingerprint density at radius 1 is 0.957 bits per heavy atom. The predicted molar refractivity (Wildman–Crippen MR) is 98.7 cm³/mol. The molecule has 2 rings (SSSR count). The second-order valence-electron chi connectivity index (χ2n) is 6.18. The van der Waals surface area contributed by atoms with Gasteiger partial charge in [0.25, 0.3) is 0 Å². The molecule has 0 atom stereocenters. The van der Waals surface area contributed by atoms with Gasteiger partial charge < -0.3 is 10.6 Å². The zero-order valence-corrected chi connectivity index (χ0v) is 14.8. The van der Waals surface area contributed by atoms with Crippen LogP contribution in [0.25, 0.3) is 0 Å². The number of hydrogen-bond acceptors (Lipinski definition) is 2. The summed E-state index contributed by atoms with van der Waals surface area (Å²) < 4.78 is 0. The number of guanidine groups is 1. The molecule has 0 saturated carbocycles. The van der Waals surface area contributed by atoms with Crippen molar-refractivity contribution in [3.8, 4) is 0 Å². The van der Waals surface area contributed by atoms with Crippen LogP contribution < -0.4 is 10.6 Å². The molecule has 0 radical (unpaired) electrons. The van der Waals surface area contributed by atoms with Crippen LogP contribution in [0.15, 0.2) is 29.3 Å². The molecule has 2 N–H and O–H groups in total. The summed E-state index contributed by atoms with van der Waals surface area (Å²) in [6.45, 7) is 10.2. The van der Waals surface area contributed by atoms with Crippen molar-refractivity contribution >= 4 is 5.96 Å². The van der Waals surface area contributed by atoms with E-state index in [1.165, 1.54) is 49.9 Å². The van der Waals surface area contributed by atoms with Crippen molar-refractivity contribution in [1.29, 1.82) is 0 Å². The van der Waals surface area contributed by atoms with Crippen molar-refractivity contribution in [2.75, 3.05) is 26.2 Å². The summed E-state index contributed by atoms with van der Waals surface area (Å²) in [5.41, 5.74) is 2.76. The molecule has 4 heteroatoms. The molecule has 0 amide bonds. The first-order valence-electron chi connectivity index (χ1n) is 9.14. The van der Waals surface area contributed by atoms with E-state index >= 15 is 0 Å². The molecule has 0 unspecified atom stereocenters. The van der Waals surface area contributed by atoms with Gasteiger partial charge in [0.1, 0.15) is 0 Å². The normalized spacial score (nSPS) is 15.7. The molecule has 0 spiro atoms.